The summed E-state index contributed by atoms with van der Waals surface area (Å²) < 4.78 is 0. The van der Waals surface area contributed by atoms with Crippen LogP contribution < -0.4 is 0 Å². The maximum atomic E-state index is 7.88. The van der Waals surface area contributed by atoms with E-state index in [2.05, 4.69) is 20.0 Å². The summed E-state index contributed by atoms with van der Waals surface area (Å²) in [5, 5.41) is 7.88. The molecule has 2 heteroatoms. The van der Waals surface area contributed by atoms with Gasteiger partial charge in [0, 0.05) is 6.61 Å². The van der Waals surface area contributed by atoms with Crippen molar-refractivity contribution < 1.29 is 5.11 Å². The number of aliphatic hydroxyl groups is 1. The minimum atomic E-state index is -0.694. The van der Waals surface area contributed by atoms with Gasteiger partial charge >= 0.3 is 0 Å². The molecule has 0 radical (unpaired) electrons. The third-order valence-electron chi connectivity index (χ3n) is 3.27. The zero-order valence-electron chi connectivity index (χ0n) is 9.77. The van der Waals surface area contributed by atoms with Crippen molar-refractivity contribution in [3.63, 3.8) is 0 Å². The van der Waals surface area contributed by atoms with Gasteiger partial charge in [-0.1, -0.05) is 52.2 Å². The van der Waals surface area contributed by atoms with Crippen molar-refractivity contribution in [2.24, 2.45) is 0 Å². The van der Waals surface area contributed by atoms with Crippen molar-refractivity contribution >= 4 is 8.07 Å². The van der Waals surface area contributed by atoms with Crippen molar-refractivity contribution in [2.45, 2.75) is 64.2 Å². The van der Waals surface area contributed by atoms with Crippen LogP contribution in [0.3, 0.4) is 0 Å². The molecule has 0 saturated carbocycles. The van der Waals surface area contributed by atoms with E-state index in [1.54, 1.807) is 6.04 Å². The van der Waals surface area contributed by atoms with Crippen LogP contribution in [0, 0.1) is 0 Å². The first kappa shape index (κ1) is 13.2. The molecule has 1 heterocycles. The molecule has 0 aliphatic carbocycles. The average Bonchev–Trinajstić information content (AvgIpc) is 2.11. The molecule has 13 heavy (non-hydrogen) atoms. The van der Waals surface area contributed by atoms with Crippen LogP contribution in [0.2, 0.25) is 24.7 Å². The molecule has 0 aromatic rings. The van der Waals surface area contributed by atoms with Crippen LogP contribution in [0.5, 0.6) is 0 Å². The summed E-state index contributed by atoms with van der Waals surface area (Å²) in [6.07, 6.45) is 5.40. The number of hydrogen-bond donors (Lipinski definition) is 1. The van der Waals surface area contributed by atoms with Crippen molar-refractivity contribution in [3.05, 3.63) is 0 Å². The van der Waals surface area contributed by atoms with Crippen LogP contribution in [-0.4, -0.2) is 19.8 Å². The first-order valence-electron chi connectivity index (χ1n) is 5.65. The molecule has 0 aromatic carbocycles. The number of aliphatic hydroxyl groups excluding tert-OH is 1. The summed E-state index contributed by atoms with van der Waals surface area (Å²) in [4.78, 5) is 0. The van der Waals surface area contributed by atoms with Crippen LogP contribution >= 0.6 is 0 Å². The van der Waals surface area contributed by atoms with Crippen molar-refractivity contribution in [3.8, 4) is 0 Å². The highest BCUT2D eigenvalue weighted by Crippen LogP contribution is 2.36. The molecule has 0 bridgehead atoms. The lowest BCUT2D eigenvalue weighted by Crippen LogP contribution is -2.33. The van der Waals surface area contributed by atoms with Gasteiger partial charge in [-0.25, -0.2) is 0 Å². The van der Waals surface area contributed by atoms with E-state index < -0.39 is 8.07 Å². The summed E-state index contributed by atoms with van der Waals surface area (Å²) in [6, 6.07) is 1.58. The van der Waals surface area contributed by atoms with E-state index in [-0.39, 0.29) is 0 Å². The third kappa shape index (κ3) is 5.48. The molecule has 1 rings (SSSR count). The Kier molecular flexibility index (Phi) is 6.69. The van der Waals surface area contributed by atoms with Gasteiger partial charge in [-0.2, -0.15) is 0 Å². The lowest BCUT2D eigenvalue weighted by atomic mass is 10.2. The van der Waals surface area contributed by atoms with E-state index in [4.69, 9.17) is 5.11 Å². The van der Waals surface area contributed by atoms with Crippen LogP contribution in [-0.2, 0) is 0 Å². The average molecular weight is 202 g/mol. The van der Waals surface area contributed by atoms with E-state index in [0.29, 0.717) is 6.61 Å². The smallest absolute Gasteiger partial charge is 0.0502 e. The van der Waals surface area contributed by atoms with Gasteiger partial charge in [-0.3, -0.25) is 0 Å². The third-order valence-corrected chi connectivity index (χ3v) is 7.86. The normalized spacial score (nSPS) is 26.1. The molecule has 1 N–H and O–H groups in total. The molecule has 1 aliphatic rings. The topological polar surface area (TPSA) is 20.2 Å². The van der Waals surface area contributed by atoms with Crippen molar-refractivity contribution in [1.29, 1.82) is 0 Å². The standard InChI is InChI=1S/C8H18Si.C3H8O/c1-8-6-4-5-7-9(8,2)3;1-2-3-4/h8H,4-7H2,1-3H3;4H,2-3H2,1H3. The first-order valence-corrected chi connectivity index (χ1v) is 8.94. The van der Waals surface area contributed by atoms with Gasteiger partial charge in [0.15, 0.2) is 0 Å². The Labute approximate surface area is 84.6 Å². The van der Waals surface area contributed by atoms with Gasteiger partial charge in [-0.05, 0) is 12.0 Å². The Balaban J connectivity index is 0.000000310. The molecular weight excluding hydrogens is 176 g/mol. The highest BCUT2D eigenvalue weighted by molar-refractivity contribution is 6.78. The summed E-state index contributed by atoms with van der Waals surface area (Å²) in [7, 11) is -0.694. The number of rotatable bonds is 1. The SMILES string of the molecule is CC1CCCC[Si]1(C)C.CCCO. The zero-order chi connectivity index (χ0) is 10.3. The van der Waals surface area contributed by atoms with E-state index in [9.17, 15) is 0 Å². The summed E-state index contributed by atoms with van der Waals surface area (Å²) in [5.41, 5.74) is 1.09. The Morgan fingerprint density at radius 1 is 1.31 bits per heavy atom. The van der Waals surface area contributed by atoms with E-state index >= 15 is 0 Å². The van der Waals surface area contributed by atoms with E-state index in [1.807, 2.05) is 6.92 Å². The highest BCUT2D eigenvalue weighted by atomic mass is 28.3. The Morgan fingerprint density at radius 3 is 2.08 bits per heavy atom. The molecule has 1 saturated heterocycles. The van der Waals surface area contributed by atoms with Crippen molar-refractivity contribution in [1.82, 2.24) is 0 Å². The van der Waals surface area contributed by atoms with Gasteiger partial charge in [0.25, 0.3) is 0 Å². The molecule has 1 unspecified atom stereocenters. The summed E-state index contributed by atoms with van der Waals surface area (Å²) >= 11 is 0. The minimum absolute atomic E-state index is 0.319. The Hall–Kier alpha value is 0.177. The van der Waals surface area contributed by atoms with Crippen LogP contribution in [0.4, 0.5) is 0 Å². The summed E-state index contributed by atoms with van der Waals surface area (Å²) in [6.45, 7) is 9.78. The van der Waals surface area contributed by atoms with Crippen LogP contribution in [0.25, 0.3) is 0 Å². The second-order valence-electron chi connectivity index (χ2n) is 4.86. The minimum Gasteiger partial charge on any atom is -0.396 e. The summed E-state index contributed by atoms with van der Waals surface area (Å²) in [5.74, 6) is 0. The highest BCUT2D eigenvalue weighted by Gasteiger charge is 2.30. The van der Waals surface area contributed by atoms with Gasteiger partial charge < -0.3 is 5.11 Å². The van der Waals surface area contributed by atoms with Gasteiger partial charge in [-0.15, -0.1) is 0 Å². The molecule has 0 spiro atoms. The molecule has 1 nitrogen and oxygen atoms in total. The molecular formula is C11H26OSi. The zero-order valence-corrected chi connectivity index (χ0v) is 10.8. The van der Waals surface area contributed by atoms with E-state index in [1.165, 1.54) is 19.3 Å². The maximum absolute atomic E-state index is 7.88. The fourth-order valence-electron chi connectivity index (χ4n) is 1.67. The predicted molar refractivity (Wildman–Crippen MR) is 62.9 cm³/mol. The fourth-order valence-corrected chi connectivity index (χ4v) is 4.31. The van der Waals surface area contributed by atoms with Crippen LogP contribution in [0.1, 0.15) is 39.5 Å². The lowest BCUT2D eigenvalue weighted by Gasteiger charge is -2.34. The predicted octanol–water partition coefficient (Wildman–Crippen LogP) is 3.66. The molecule has 1 aliphatic heterocycles. The monoisotopic (exact) mass is 202 g/mol. The van der Waals surface area contributed by atoms with Gasteiger partial charge in [0.05, 0.1) is 8.07 Å². The fraction of sp³-hybridized carbons (Fsp3) is 1.00. The van der Waals surface area contributed by atoms with E-state index in [0.717, 1.165) is 12.0 Å². The second-order valence-corrected chi connectivity index (χ2v) is 10.3. The second kappa shape index (κ2) is 6.60. The number of hydrogen-bond acceptors (Lipinski definition) is 1. The molecule has 80 valence electrons. The van der Waals surface area contributed by atoms with Gasteiger partial charge in [0.1, 0.15) is 0 Å². The van der Waals surface area contributed by atoms with Crippen LogP contribution in [0.15, 0.2) is 0 Å². The quantitative estimate of drug-likeness (QED) is 0.643. The molecule has 1 atom stereocenters. The molecule has 1 fully saturated rings. The Morgan fingerprint density at radius 2 is 1.85 bits per heavy atom. The van der Waals surface area contributed by atoms with Crippen molar-refractivity contribution in [2.75, 3.05) is 6.61 Å². The van der Waals surface area contributed by atoms with Gasteiger partial charge in [0.2, 0.25) is 0 Å². The maximum Gasteiger partial charge on any atom is 0.0502 e. The first-order chi connectivity index (χ1) is 6.04. The largest absolute Gasteiger partial charge is 0.396 e. The Bertz CT molecular complexity index is 121. The molecule has 0 amide bonds. The molecule has 0 aromatic heterocycles. The lowest BCUT2D eigenvalue weighted by molar-refractivity contribution is 0.295.